The summed E-state index contributed by atoms with van der Waals surface area (Å²) >= 11 is 0. The lowest BCUT2D eigenvalue weighted by Crippen LogP contribution is -2.63. The molecule has 0 atom stereocenters. The SMILES string of the molecule is C[Si](OB(OCCCN)c1ccccc1)(c1ccccc1)c1ccccc1. The molecule has 5 heteroatoms. The molecule has 0 aliphatic rings. The highest BCUT2D eigenvalue weighted by Gasteiger charge is 2.39. The maximum atomic E-state index is 6.82. The highest BCUT2D eigenvalue weighted by molar-refractivity contribution is 7.00. The second-order valence-electron chi connectivity index (χ2n) is 6.64. The van der Waals surface area contributed by atoms with Crippen LogP contribution in [0.3, 0.4) is 0 Å². The minimum Gasteiger partial charge on any atom is -0.442 e. The number of hydrogen-bond acceptors (Lipinski definition) is 3. The summed E-state index contributed by atoms with van der Waals surface area (Å²) in [6.07, 6.45) is 0.807. The third-order valence-electron chi connectivity index (χ3n) is 4.68. The molecule has 0 aliphatic carbocycles. The van der Waals surface area contributed by atoms with Crippen LogP contribution in [-0.2, 0) is 9.00 Å². The Morgan fingerprint density at radius 3 is 1.74 bits per heavy atom. The van der Waals surface area contributed by atoms with Gasteiger partial charge in [-0.15, -0.1) is 0 Å². The molecule has 0 spiro atoms. The summed E-state index contributed by atoms with van der Waals surface area (Å²) < 4.78 is 13.0. The van der Waals surface area contributed by atoms with Crippen molar-refractivity contribution in [2.24, 2.45) is 5.73 Å². The smallest absolute Gasteiger partial charge is 0.442 e. The van der Waals surface area contributed by atoms with Crippen LogP contribution >= 0.6 is 0 Å². The highest BCUT2D eigenvalue weighted by atomic mass is 28.4. The Labute approximate surface area is 163 Å². The Hall–Kier alpha value is -2.18. The van der Waals surface area contributed by atoms with Crippen molar-refractivity contribution >= 4 is 31.3 Å². The minimum atomic E-state index is -2.46. The average Bonchev–Trinajstić information content (AvgIpc) is 2.75. The largest absolute Gasteiger partial charge is 0.483 e. The van der Waals surface area contributed by atoms with Crippen LogP contribution in [0.25, 0.3) is 0 Å². The molecule has 138 valence electrons. The first-order valence-electron chi connectivity index (χ1n) is 9.39. The molecule has 2 N–H and O–H groups in total. The summed E-state index contributed by atoms with van der Waals surface area (Å²) in [5, 5.41) is 2.44. The molecule has 3 aromatic carbocycles. The first kappa shape index (κ1) is 19.6. The molecule has 3 rings (SSSR count). The van der Waals surface area contributed by atoms with Crippen molar-refractivity contribution in [1.29, 1.82) is 0 Å². The lowest BCUT2D eigenvalue weighted by molar-refractivity contribution is 0.273. The molecule has 0 unspecified atom stereocenters. The van der Waals surface area contributed by atoms with E-state index in [0.29, 0.717) is 13.2 Å². The fourth-order valence-corrected chi connectivity index (χ4v) is 6.01. The van der Waals surface area contributed by atoms with E-state index in [0.717, 1.165) is 11.9 Å². The maximum Gasteiger partial charge on any atom is 0.483 e. The zero-order valence-corrected chi connectivity index (χ0v) is 16.8. The van der Waals surface area contributed by atoms with Crippen LogP contribution in [0.1, 0.15) is 6.42 Å². The van der Waals surface area contributed by atoms with Gasteiger partial charge in [-0.1, -0.05) is 91.0 Å². The normalized spacial score (nSPS) is 11.3. The van der Waals surface area contributed by atoms with E-state index < -0.39 is 15.4 Å². The van der Waals surface area contributed by atoms with Crippen LogP contribution in [0, 0.1) is 0 Å². The van der Waals surface area contributed by atoms with Gasteiger partial charge in [0, 0.05) is 6.61 Å². The molecule has 0 radical (unpaired) electrons. The molecule has 3 aromatic rings. The molecule has 3 nitrogen and oxygen atoms in total. The number of nitrogens with two attached hydrogens (primary N) is 1. The van der Waals surface area contributed by atoms with Gasteiger partial charge in [0.1, 0.15) is 0 Å². The third kappa shape index (κ3) is 4.96. The van der Waals surface area contributed by atoms with Crippen molar-refractivity contribution in [2.45, 2.75) is 13.0 Å². The van der Waals surface area contributed by atoms with Crippen molar-refractivity contribution in [2.75, 3.05) is 13.2 Å². The molecule has 0 fully saturated rings. The monoisotopic (exact) mass is 375 g/mol. The van der Waals surface area contributed by atoms with Gasteiger partial charge in [0.15, 0.2) is 0 Å². The molecule has 0 aromatic heterocycles. The van der Waals surface area contributed by atoms with Crippen LogP contribution in [0.5, 0.6) is 0 Å². The fraction of sp³-hybridized carbons (Fsp3) is 0.182. The second-order valence-corrected chi connectivity index (χ2v) is 10.1. The standard InChI is InChI=1S/C22H26BNO2Si/c1-27(21-14-7-3-8-15-21,22-16-9-4-10-17-22)26-23(25-19-11-18-24)20-12-5-2-6-13-20/h2-10,12-17H,11,18-19,24H2,1H3. The van der Waals surface area contributed by atoms with Crippen LogP contribution in [-0.4, -0.2) is 28.6 Å². The van der Waals surface area contributed by atoms with E-state index in [1.807, 2.05) is 30.3 Å². The highest BCUT2D eigenvalue weighted by Crippen LogP contribution is 2.11. The molecule has 0 heterocycles. The summed E-state index contributed by atoms with van der Waals surface area (Å²) in [5.74, 6) is 0. The van der Waals surface area contributed by atoms with Crippen molar-refractivity contribution in [3.05, 3.63) is 91.0 Å². The average molecular weight is 375 g/mol. The molecule has 0 saturated carbocycles. The first-order valence-corrected chi connectivity index (χ1v) is 11.8. The molecule has 0 aliphatic heterocycles. The van der Waals surface area contributed by atoms with E-state index in [1.165, 1.54) is 10.4 Å². The quantitative estimate of drug-likeness (QED) is 0.461. The van der Waals surface area contributed by atoms with E-state index in [1.54, 1.807) is 0 Å². The second kappa shape index (κ2) is 9.67. The van der Waals surface area contributed by atoms with Gasteiger partial charge in [-0.2, -0.15) is 0 Å². The van der Waals surface area contributed by atoms with E-state index in [4.69, 9.17) is 14.7 Å². The van der Waals surface area contributed by atoms with Crippen LogP contribution in [0.4, 0.5) is 0 Å². The summed E-state index contributed by atoms with van der Waals surface area (Å²) in [6.45, 7) is 3.41. The molecule has 0 bridgehead atoms. The zero-order chi connectivity index (χ0) is 19.0. The summed E-state index contributed by atoms with van der Waals surface area (Å²) in [5.41, 5.74) is 6.68. The van der Waals surface area contributed by atoms with Gasteiger partial charge in [0.2, 0.25) is 8.32 Å². The van der Waals surface area contributed by atoms with E-state index in [-0.39, 0.29) is 0 Å². The lowest BCUT2D eigenvalue weighted by atomic mass is 9.79. The third-order valence-corrected chi connectivity index (χ3v) is 8.24. The summed E-state index contributed by atoms with van der Waals surface area (Å²) in [6, 6.07) is 31.1. The minimum absolute atomic E-state index is 0.421. The van der Waals surface area contributed by atoms with Crippen molar-refractivity contribution in [3.63, 3.8) is 0 Å². The van der Waals surface area contributed by atoms with Gasteiger partial charge >= 0.3 is 7.12 Å². The van der Waals surface area contributed by atoms with Crippen molar-refractivity contribution < 1.29 is 9.00 Å². The summed E-state index contributed by atoms with van der Waals surface area (Å²) in [7, 11) is -2.89. The molecular formula is C22H26BNO2Si. The van der Waals surface area contributed by atoms with E-state index in [9.17, 15) is 0 Å². The predicted octanol–water partition coefficient (Wildman–Crippen LogP) is 2.15. The Morgan fingerprint density at radius 1 is 0.778 bits per heavy atom. The van der Waals surface area contributed by atoms with Gasteiger partial charge in [-0.25, -0.2) is 0 Å². The fourth-order valence-electron chi connectivity index (χ4n) is 3.11. The van der Waals surface area contributed by atoms with Crippen LogP contribution in [0.2, 0.25) is 6.55 Å². The van der Waals surface area contributed by atoms with Crippen LogP contribution < -0.4 is 21.6 Å². The van der Waals surface area contributed by atoms with E-state index >= 15 is 0 Å². The van der Waals surface area contributed by atoms with Crippen LogP contribution in [0.15, 0.2) is 91.0 Å². The molecule has 0 amide bonds. The number of rotatable bonds is 9. The van der Waals surface area contributed by atoms with Gasteiger partial charge in [0.25, 0.3) is 0 Å². The zero-order valence-electron chi connectivity index (χ0n) is 15.8. The maximum absolute atomic E-state index is 6.82. The van der Waals surface area contributed by atoms with Gasteiger partial charge in [-0.05, 0) is 35.3 Å². The Balaban J connectivity index is 1.97. The molecule has 27 heavy (non-hydrogen) atoms. The number of hydrogen-bond donors (Lipinski definition) is 1. The molecular weight excluding hydrogens is 349 g/mol. The van der Waals surface area contributed by atoms with Crippen molar-refractivity contribution in [1.82, 2.24) is 0 Å². The Kier molecular flexibility index (Phi) is 7.01. The van der Waals surface area contributed by atoms with E-state index in [2.05, 4.69) is 67.2 Å². The first-order chi connectivity index (χ1) is 13.2. The van der Waals surface area contributed by atoms with Gasteiger partial charge in [0.05, 0.1) is 0 Å². The summed E-state index contributed by atoms with van der Waals surface area (Å²) in [4.78, 5) is 0. The predicted molar refractivity (Wildman–Crippen MR) is 116 cm³/mol. The Bertz CT molecular complexity index is 763. The number of benzene rings is 3. The van der Waals surface area contributed by atoms with Gasteiger partial charge < -0.3 is 14.7 Å². The topological polar surface area (TPSA) is 44.5 Å². The van der Waals surface area contributed by atoms with Crippen molar-refractivity contribution in [3.8, 4) is 0 Å². The van der Waals surface area contributed by atoms with Gasteiger partial charge in [-0.3, -0.25) is 0 Å². The Morgan fingerprint density at radius 2 is 1.26 bits per heavy atom. The lowest BCUT2D eigenvalue weighted by Gasteiger charge is -2.32. The molecule has 0 saturated heterocycles.